The van der Waals surface area contributed by atoms with Gasteiger partial charge in [-0.25, -0.2) is 4.79 Å². The molecular weight excluding hydrogens is 381 g/mol. The van der Waals surface area contributed by atoms with Crippen molar-refractivity contribution in [3.63, 3.8) is 0 Å². The number of aliphatic carboxylic acids is 1. The van der Waals surface area contributed by atoms with Crippen molar-refractivity contribution in [1.82, 2.24) is 0 Å². The van der Waals surface area contributed by atoms with Crippen LogP contribution >= 0.6 is 0 Å². The highest BCUT2D eigenvalue weighted by molar-refractivity contribution is 5.84. The lowest BCUT2D eigenvalue weighted by Gasteiger charge is -2.12. The van der Waals surface area contributed by atoms with Gasteiger partial charge in [0.25, 0.3) is 0 Å². The fraction of sp³-hybridized carbons (Fsp3) is 0.261. The van der Waals surface area contributed by atoms with Crippen molar-refractivity contribution in [3.8, 4) is 5.75 Å². The van der Waals surface area contributed by atoms with E-state index in [4.69, 9.17) is 9.84 Å². The van der Waals surface area contributed by atoms with E-state index < -0.39 is 17.7 Å². The van der Waals surface area contributed by atoms with Crippen LogP contribution in [0.1, 0.15) is 36.0 Å². The summed E-state index contributed by atoms with van der Waals surface area (Å²) in [5.41, 5.74) is 1.17. The molecule has 0 heterocycles. The third kappa shape index (κ3) is 6.24. The molecule has 0 bridgehead atoms. The standard InChI is InChI=1S/C23H21F3O3/c24-23(25,26)19-10-6-17(7-11-19)21(2-1-3-22(27)28)18-8-12-20(13-9-18)29-15-14-16-4-5-16/h1-3,6-13,16H,4-5,14-15H2,(H,27,28)/b3-1+,21-2-. The van der Waals surface area contributed by atoms with Gasteiger partial charge in [-0.3, -0.25) is 0 Å². The minimum absolute atomic E-state index is 0.551. The maximum Gasteiger partial charge on any atom is 0.416 e. The van der Waals surface area contributed by atoms with Gasteiger partial charge in [0.2, 0.25) is 0 Å². The lowest BCUT2D eigenvalue weighted by atomic mass is 9.96. The normalized spacial score (nSPS) is 14.9. The maximum atomic E-state index is 12.8. The van der Waals surface area contributed by atoms with Gasteiger partial charge in [0.1, 0.15) is 5.75 Å². The molecule has 2 aromatic rings. The molecule has 0 unspecified atom stereocenters. The first-order chi connectivity index (χ1) is 13.8. The summed E-state index contributed by atoms with van der Waals surface area (Å²) in [6, 6.07) is 12.0. The summed E-state index contributed by atoms with van der Waals surface area (Å²) >= 11 is 0. The first-order valence-corrected chi connectivity index (χ1v) is 9.35. The molecule has 0 atom stereocenters. The van der Waals surface area contributed by atoms with E-state index in [-0.39, 0.29) is 0 Å². The second-order valence-corrected chi connectivity index (χ2v) is 6.96. The van der Waals surface area contributed by atoms with E-state index in [1.165, 1.54) is 31.1 Å². The Bertz CT molecular complexity index is 890. The van der Waals surface area contributed by atoms with Gasteiger partial charge in [-0.1, -0.05) is 49.3 Å². The van der Waals surface area contributed by atoms with Crippen LogP contribution in [-0.2, 0) is 11.0 Å². The van der Waals surface area contributed by atoms with Gasteiger partial charge in [0.15, 0.2) is 0 Å². The summed E-state index contributed by atoms with van der Waals surface area (Å²) < 4.78 is 44.2. The van der Waals surface area contributed by atoms with E-state index in [1.807, 2.05) is 12.1 Å². The van der Waals surface area contributed by atoms with Gasteiger partial charge < -0.3 is 9.84 Å². The third-order valence-electron chi connectivity index (χ3n) is 4.68. The number of halogens is 3. The highest BCUT2D eigenvalue weighted by Crippen LogP contribution is 2.33. The molecular formula is C23H21F3O3. The van der Waals surface area contributed by atoms with Crippen LogP contribution in [0.4, 0.5) is 13.2 Å². The Kier molecular flexibility index (Phi) is 6.42. The second kappa shape index (κ2) is 8.99. The zero-order valence-electron chi connectivity index (χ0n) is 15.7. The van der Waals surface area contributed by atoms with E-state index in [0.29, 0.717) is 17.7 Å². The fourth-order valence-corrected chi connectivity index (χ4v) is 2.91. The largest absolute Gasteiger partial charge is 0.494 e. The predicted octanol–water partition coefficient (Wildman–Crippen LogP) is 5.96. The van der Waals surface area contributed by atoms with E-state index in [2.05, 4.69) is 0 Å². The Morgan fingerprint density at radius 3 is 2.14 bits per heavy atom. The van der Waals surface area contributed by atoms with Crippen LogP contribution in [0.3, 0.4) is 0 Å². The molecule has 1 saturated carbocycles. The van der Waals surface area contributed by atoms with Crippen LogP contribution in [0.5, 0.6) is 5.75 Å². The van der Waals surface area contributed by atoms with E-state index >= 15 is 0 Å². The molecule has 3 nitrogen and oxygen atoms in total. The number of rotatable bonds is 8. The first kappa shape index (κ1) is 20.7. The molecule has 1 fully saturated rings. The molecule has 0 aromatic heterocycles. The molecule has 0 radical (unpaired) electrons. The maximum absolute atomic E-state index is 12.8. The summed E-state index contributed by atoms with van der Waals surface area (Å²) in [6.45, 7) is 0.660. The minimum atomic E-state index is -4.41. The summed E-state index contributed by atoms with van der Waals surface area (Å²) in [6.07, 6.45) is 3.07. The number of alkyl halides is 3. The van der Waals surface area contributed by atoms with E-state index in [1.54, 1.807) is 18.2 Å². The quantitative estimate of drug-likeness (QED) is 0.438. The first-order valence-electron chi connectivity index (χ1n) is 9.35. The van der Waals surface area contributed by atoms with Crippen molar-refractivity contribution in [3.05, 3.63) is 83.4 Å². The average molecular weight is 402 g/mol. The van der Waals surface area contributed by atoms with Gasteiger partial charge in [-0.15, -0.1) is 0 Å². The van der Waals surface area contributed by atoms with Crippen molar-refractivity contribution in [2.75, 3.05) is 6.61 Å². The van der Waals surface area contributed by atoms with E-state index in [0.717, 1.165) is 41.9 Å². The molecule has 152 valence electrons. The number of carboxylic acid groups (broad SMARTS) is 1. The van der Waals surface area contributed by atoms with Crippen LogP contribution in [0.15, 0.2) is 66.8 Å². The zero-order chi connectivity index (χ0) is 20.9. The van der Waals surface area contributed by atoms with Crippen LogP contribution < -0.4 is 4.74 Å². The Morgan fingerprint density at radius 2 is 1.62 bits per heavy atom. The Labute approximate surface area is 167 Å². The fourth-order valence-electron chi connectivity index (χ4n) is 2.91. The van der Waals surface area contributed by atoms with Crippen molar-refractivity contribution in [2.45, 2.75) is 25.4 Å². The molecule has 2 aromatic carbocycles. The minimum Gasteiger partial charge on any atom is -0.494 e. The third-order valence-corrected chi connectivity index (χ3v) is 4.68. The second-order valence-electron chi connectivity index (χ2n) is 6.96. The summed E-state index contributed by atoms with van der Waals surface area (Å²) in [5.74, 6) is 0.402. The Morgan fingerprint density at radius 1 is 1.03 bits per heavy atom. The van der Waals surface area contributed by atoms with Crippen molar-refractivity contribution < 1.29 is 27.8 Å². The van der Waals surface area contributed by atoms with Crippen molar-refractivity contribution in [2.24, 2.45) is 5.92 Å². The number of ether oxygens (including phenoxy) is 1. The molecule has 1 aliphatic rings. The molecule has 1 N–H and O–H groups in total. The predicted molar refractivity (Wildman–Crippen MR) is 105 cm³/mol. The van der Waals surface area contributed by atoms with Crippen LogP contribution in [0.2, 0.25) is 0 Å². The topological polar surface area (TPSA) is 46.5 Å². The Hall–Kier alpha value is -3.02. The van der Waals surface area contributed by atoms with Crippen LogP contribution in [-0.4, -0.2) is 17.7 Å². The lowest BCUT2D eigenvalue weighted by molar-refractivity contribution is -0.137. The molecule has 0 aliphatic heterocycles. The highest BCUT2D eigenvalue weighted by atomic mass is 19.4. The van der Waals surface area contributed by atoms with Crippen molar-refractivity contribution >= 4 is 11.5 Å². The molecule has 29 heavy (non-hydrogen) atoms. The van der Waals surface area contributed by atoms with Gasteiger partial charge in [-0.2, -0.15) is 13.2 Å². The summed E-state index contributed by atoms with van der Waals surface area (Å²) in [5, 5.41) is 8.80. The molecule has 0 spiro atoms. The van der Waals surface area contributed by atoms with Gasteiger partial charge in [0.05, 0.1) is 12.2 Å². The summed E-state index contributed by atoms with van der Waals surface area (Å²) in [4.78, 5) is 10.7. The number of allylic oxidation sites excluding steroid dienone is 2. The number of carbonyl (C=O) groups is 1. The van der Waals surface area contributed by atoms with Crippen molar-refractivity contribution in [1.29, 1.82) is 0 Å². The molecule has 6 heteroatoms. The molecule has 3 rings (SSSR count). The molecule has 0 amide bonds. The average Bonchev–Trinajstić information content (AvgIpc) is 3.50. The van der Waals surface area contributed by atoms with Crippen LogP contribution in [0, 0.1) is 5.92 Å². The zero-order valence-corrected chi connectivity index (χ0v) is 15.7. The summed E-state index contributed by atoms with van der Waals surface area (Å²) in [7, 11) is 0. The number of hydrogen-bond donors (Lipinski definition) is 1. The molecule has 1 aliphatic carbocycles. The molecule has 0 saturated heterocycles. The lowest BCUT2D eigenvalue weighted by Crippen LogP contribution is -2.04. The SMILES string of the molecule is O=C(O)/C=C/C=C(\c1ccc(OCCC2CC2)cc1)c1ccc(C(F)(F)F)cc1. The number of carboxylic acids is 1. The number of hydrogen-bond acceptors (Lipinski definition) is 2. The van der Waals surface area contributed by atoms with Gasteiger partial charge in [0, 0.05) is 6.08 Å². The Balaban J connectivity index is 1.82. The van der Waals surface area contributed by atoms with E-state index in [9.17, 15) is 18.0 Å². The highest BCUT2D eigenvalue weighted by Gasteiger charge is 2.30. The van der Waals surface area contributed by atoms with Gasteiger partial charge >= 0.3 is 12.1 Å². The monoisotopic (exact) mass is 402 g/mol. The van der Waals surface area contributed by atoms with Gasteiger partial charge in [-0.05, 0) is 53.3 Å². The van der Waals surface area contributed by atoms with Crippen LogP contribution in [0.25, 0.3) is 5.57 Å². The number of benzene rings is 2. The smallest absolute Gasteiger partial charge is 0.416 e.